The van der Waals surface area contributed by atoms with Crippen molar-refractivity contribution in [1.82, 2.24) is 14.9 Å². The zero-order valence-corrected chi connectivity index (χ0v) is 18.9. The summed E-state index contributed by atoms with van der Waals surface area (Å²) in [5.41, 5.74) is 0.248. The van der Waals surface area contributed by atoms with Crippen molar-refractivity contribution in [2.75, 3.05) is 31.1 Å². The SMILES string of the molecule is CCN(CC(C)N(CC)c1ccc(C#N)cn1)C(=O)COC1(c2ccncc2F)CCC1. The van der Waals surface area contributed by atoms with Crippen molar-refractivity contribution < 1.29 is 13.9 Å². The van der Waals surface area contributed by atoms with Crippen LogP contribution in [0.3, 0.4) is 0 Å². The van der Waals surface area contributed by atoms with Crippen LogP contribution in [0.15, 0.2) is 36.8 Å². The van der Waals surface area contributed by atoms with Crippen molar-refractivity contribution >= 4 is 11.7 Å². The van der Waals surface area contributed by atoms with Crippen molar-refractivity contribution in [3.8, 4) is 6.07 Å². The molecule has 1 aliphatic carbocycles. The Balaban J connectivity index is 1.63. The fourth-order valence-corrected chi connectivity index (χ4v) is 4.17. The van der Waals surface area contributed by atoms with Crippen molar-refractivity contribution in [3.05, 3.63) is 53.7 Å². The lowest BCUT2D eigenvalue weighted by atomic mass is 9.75. The second-order valence-electron chi connectivity index (χ2n) is 8.08. The Labute approximate surface area is 188 Å². The quantitative estimate of drug-likeness (QED) is 0.562. The van der Waals surface area contributed by atoms with E-state index in [9.17, 15) is 9.18 Å². The van der Waals surface area contributed by atoms with Crippen LogP contribution in [0, 0.1) is 17.1 Å². The number of nitrogens with zero attached hydrogens (tertiary/aromatic N) is 5. The first-order valence-electron chi connectivity index (χ1n) is 11.1. The van der Waals surface area contributed by atoms with Crippen molar-refractivity contribution in [1.29, 1.82) is 5.26 Å². The van der Waals surface area contributed by atoms with Crippen LogP contribution in [0.25, 0.3) is 0 Å². The molecule has 3 rings (SSSR count). The third-order valence-corrected chi connectivity index (χ3v) is 6.16. The van der Waals surface area contributed by atoms with Crippen LogP contribution in [0.2, 0.25) is 0 Å². The number of halogens is 1. The Hall–Kier alpha value is -3.05. The fraction of sp³-hybridized carbons (Fsp3) is 0.500. The van der Waals surface area contributed by atoms with Gasteiger partial charge >= 0.3 is 0 Å². The van der Waals surface area contributed by atoms with Crippen LogP contribution < -0.4 is 4.90 Å². The maximum absolute atomic E-state index is 14.3. The lowest BCUT2D eigenvalue weighted by Gasteiger charge is -2.42. The summed E-state index contributed by atoms with van der Waals surface area (Å²) in [6, 6.07) is 7.29. The Morgan fingerprint density at radius 1 is 1.28 bits per heavy atom. The molecule has 0 saturated heterocycles. The predicted molar refractivity (Wildman–Crippen MR) is 119 cm³/mol. The molecule has 2 aromatic rings. The van der Waals surface area contributed by atoms with Crippen LogP contribution >= 0.6 is 0 Å². The van der Waals surface area contributed by atoms with Gasteiger partial charge in [-0.25, -0.2) is 9.37 Å². The van der Waals surface area contributed by atoms with Gasteiger partial charge in [-0.15, -0.1) is 0 Å². The molecule has 8 heteroatoms. The number of anilines is 1. The summed E-state index contributed by atoms with van der Waals surface area (Å²) in [6.45, 7) is 7.67. The first kappa shape index (κ1) is 23.6. The first-order valence-corrected chi connectivity index (χ1v) is 11.1. The van der Waals surface area contributed by atoms with E-state index in [-0.39, 0.29) is 18.6 Å². The van der Waals surface area contributed by atoms with Gasteiger partial charge < -0.3 is 14.5 Å². The van der Waals surface area contributed by atoms with Gasteiger partial charge in [-0.1, -0.05) is 0 Å². The number of nitriles is 1. The van der Waals surface area contributed by atoms with Gasteiger partial charge in [0.25, 0.3) is 0 Å². The Bertz CT molecular complexity index is 956. The highest BCUT2D eigenvalue weighted by Gasteiger charge is 2.42. The predicted octanol–water partition coefficient (Wildman–Crippen LogP) is 3.65. The van der Waals surface area contributed by atoms with Crippen LogP contribution in [0.1, 0.15) is 51.2 Å². The van der Waals surface area contributed by atoms with E-state index in [1.165, 1.54) is 6.20 Å². The van der Waals surface area contributed by atoms with E-state index in [1.54, 1.807) is 29.4 Å². The smallest absolute Gasteiger partial charge is 0.248 e. The number of carbonyl (C=O) groups excluding carboxylic acids is 1. The molecular weight excluding hydrogens is 409 g/mol. The number of amides is 1. The van der Waals surface area contributed by atoms with Crippen LogP contribution in [0.4, 0.5) is 10.2 Å². The number of hydrogen-bond acceptors (Lipinski definition) is 6. The fourth-order valence-electron chi connectivity index (χ4n) is 4.17. The summed E-state index contributed by atoms with van der Waals surface area (Å²) in [5, 5.41) is 8.98. The van der Waals surface area contributed by atoms with E-state index in [0.29, 0.717) is 43.6 Å². The van der Waals surface area contributed by atoms with Gasteiger partial charge in [-0.05, 0) is 58.2 Å². The molecule has 2 aromatic heterocycles. The molecule has 1 aliphatic rings. The summed E-state index contributed by atoms with van der Waals surface area (Å²) in [6.07, 6.45) is 6.62. The molecule has 0 aliphatic heterocycles. The zero-order valence-electron chi connectivity index (χ0n) is 18.9. The summed E-state index contributed by atoms with van der Waals surface area (Å²) in [7, 11) is 0. The van der Waals surface area contributed by atoms with E-state index >= 15 is 0 Å². The van der Waals surface area contributed by atoms with Crippen LogP contribution in [-0.4, -0.2) is 53.1 Å². The topological polar surface area (TPSA) is 82.3 Å². The molecule has 0 aromatic carbocycles. The van der Waals surface area contributed by atoms with Crippen molar-refractivity contribution in [3.63, 3.8) is 0 Å². The molecule has 0 N–H and O–H groups in total. The van der Waals surface area contributed by atoms with Gasteiger partial charge in [-0.2, -0.15) is 5.26 Å². The normalized spacial score (nSPS) is 15.3. The maximum Gasteiger partial charge on any atom is 0.248 e. The number of rotatable bonds is 10. The summed E-state index contributed by atoms with van der Waals surface area (Å²) in [5.74, 6) is 0.249. The molecule has 0 bridgehead atoms. The zero-order chi connectivity index (χ0) is 23.1. The highest BCUT2D eigenvalue weighted by molar-refractivity contribution is 5.77. The molecule has 0 spiro atoms. The Morgan fingerprint density at radius 3 is 2.59 bits per heavy atom. The van der Waals surface area contributed by atoms with Crippen molar-refractivity contribution in [2.45, 2.75) is 51.7 Å². The van der Waals surface area contributed by atoms with E-state index in [1.807, 2.05) is 26.8 Å². The minimum atomic E-state index is -0.741. The lowest BCUT2D eigenvalue weighted by molar-refractivity contribution is -0.154. The monoisotopic (exact) mass is 439 g/mol. The maximum atomic E-state index is 14.3. The molecular formula is C24H30FN5O2. The van der Waals surface area contributed by atoms with Crippen LogP contribution in [0.5, 0.6) is 0 Å². The molecule has 32 heavy (non-hydrogen) atoms. The van der Waals surface area contributed by atoms with Crippen LogP contribution in [-0.2, 0) is 15.1 Å². The Kier molecular flexibility index (Phi) is 7.75. The largest absolute Gasteiger partial charge is 0.360 e. The number of aromatic nitrogens is 2. The van der Waals surface area contributed by atoms with E-state index in [4.69, 9.17) is 10.00 Å². The van der Waals surface area contributed by atoms with Gasteiger partial charge in [0.05, 0.1) is 17.4 Å². The lowest BCUT2D eigenvalue weighted by Crippen LogP contribution is -2.47. The number of likely N-dealkylation sites (N-methyl/N-ethyl adjacent to an activating group) is 2. The van der Waals surface area contributed by atoms with E-state index in [2.05, 4.69) is 20.9 Å². The average molecular weight is 440 g/mol. The van der Waals surface area contributed by atoms with Crippen molar-refractivity contribution in [2.24, 2.45) is 0 Å². The van der Waals surface area contributed by atoms with Gasteiger partial charge in [-0.3, -0.25) is 9.78 Å². The third-order valence-electron chi connectivity index (χ3n) is 6.16. The van der Waals surface area contributed by atoms with Gasteiger partial charge in [0.15, 0.2) is 0 Å². The van der Waals surface area contributed by atoms with Gasteiger partial charge in [0, 0.05) is 43.6 Å². The summed E-state index contributed by atoms with van der Waals surface area (Å²) >= 11 is 0. The minimum Gasteiger partial charge on any atom is -0.360 e. The number of carbonyl (C=O) groups is 1. The standard InChI is InChI=1S/C24H30FN5O2/c1-4-29(16-18(3)30(5-2)22-8-7-19(13-26)14-28-22)23(31)17-32-24(10-6-11-24)20-9-12-27-15-21(20)25/h7-9,12,14-15,18H,4-6,10-11,16-17H2,1-3H3. The number of ether oxygens (including phenoxy) is 1. The summed E-state index contributed by atoms with van der Waals surface area (Å²) < 4.78 is 20.3. The minimum absolute atomic E-state index is 0.0136. The molecule has 1 fully saturated rings. The Morgan fingerprint density at radius 2 is 2.06 bits per heavy atom. The third kappa shape index (κ3) is 5.05. The second-order valence-corrected chi connectivity index (χ2v) is 8.08. The molecule has 1 unspecified atom stereocenters. The number of pyridine rings is 2. The number of hydrogen-bond donors (Lipinski definition) is 0. The van der Waals surface area contributed by atoms with E-state index < -0.39 is 11.4 Å². The second kappa shape index (κ2) is 10.5. The highest BCUT2D eigenvalue weighted by atomic mass is 19.1. The van der Waals surface area contributed by atoms with Gasteiger partial charge in [0.2, 0.25) is 5.91 Å². The molecule has 0 radical (unpaired) electrons. The molecule has 1 saturated carbocycles. The molecule has 1 amide bonds. The molecule has 170 valence electrons. The average Bonchev–Trinajstić information content (AvgIpc) is 2.78. The molecule has 1 atom stereocenters. The van der Waals surface area contributed by atoms with E-state index in [0.717, 1.165) is 12.2 Å². The molecule has 2 heterocycles. The molecule has 7 nitrogen and oxygen atoms in total. The highest BCUT2D eigenvalue weighted by Crippen LogP contribution is 2.45. The first-order chi connectivity index (χ1) is 15.4. The summed E-state index contributed by atoms with van der Waals surface area (Å²) in [4.78, 5) is 25.0. The van der Waals surface area contributed by atoms with Gasteiger partial charge in [0.1, 0.15) is 24.3 Å².